The molecule has 1 aromatic carbocycles. The van der Waals surface area contributed by atoms with Crippen LogP contribution in [0, 0.1) is 0 Å². The van der Waals surface area contributed by atoms with Gasteiger partial charge in [-0.1, -0.05) is 17.7 Å². The first-order chi connectivity index (χ1) is 11.6. The molecule has 1 N–H and O–H groups in total. The maximum atomic E-state index is 12.0. The molecule has 24 heavy (non-hydrogen) atoms. The first-order valence-corrected chi connectivity index (χ1v) is 8.72. The van der Waals surface area contributed by atoms with E-state index in [4.69, 9.17) is 11.6 Å². The average molecular weight is 410 g/mol. The molecule has 7 heteroatoms. The van der Waals surface area contributed by atoms with Gasteiger partial charge in [-0.05, 0) is 59.6 Å². The van der Waals surface area contributed by atoms with Crippen molar-refractivity contribution in [2.75, 3.05) is 18.0 Å². The van der Waals surface area contributed by atoms with Gasteiger partial charge >= 0.3 is 0 Å². The molecule has 0 radical (unpaired) electrons. The minimum atomic E-state index is -0.400. The molecule has 1 heterocycles. The highest BCUT2D eigenvalue weighted by molar-refractivity contribution is 9.10. The van der Waals surface area contributed by atoms with E-state index < -0.39 is 5.91 Å². The number of hydrogen-bond acceptors (Lipinski definition) is 4. The maximum absolute atomic E-state index is 12.0. The molecule has 0 aliphatic carbocycles. The molecule has 0 unspecified atom stereocenters. The molecule has 126 valence electrons. The van der Waals surface area contributed by atoms with Crippen LogP contribution in [0.2, 0.25) is 5.15 Å². The zero-order valence-corrected chi connectivity index (χ0v) is 15.8. The Balaban J connectivity index is 2.06. The summed E-state index contributed by atoms with van der Waals surface area (Å²) in [6.45, 7) is 6.10. The van der Waals surface area contributed by atoms with Crippen LogP contribution in [0.1, 0.15) is 29.8 Å². The van der Waals surface area contributed by atoms with Crippen LogP contribution in [-0.4, -0.2) is 30.2 Å². The number of rotatable bonds is 6. The predicted octanol–water partition coefficient (Wildman–Crippen LogP) is 4.11. The van der Waals surface area contributed by atoms with Crippen molar-refractivity contribution in [2.45, 2.75) is 13.8 Å². The quantitative estimate of drug-likeness (QED) is 0.444. The van der Waals surface area contributed by atoms with E-state index in [1.165, 1.54) is 6.20 Å². The van der Waals surface area contributed by atoms with Gasteiger partial charge in [0.25, 0.3) is 5.91 Å². The monoisotopic (exact) mass is 408 g/mol. The number of amides is 1. The summed E-state index contributed by atoms with van der Waals surface area (Å²) >= 11 is 9.46. The number of hydrogen-bond donors (Lipinski definition) is 1. The van der Waals surface area contributed by atoms with E-state index in [0.717, 1.165) is 28.8 Å². The van der Waals surface area contributed by atoms with Crippen molar-refractivity contribution in [3.05, 3.63) is 57.3 Å². The van der Waals surface area contributed by atoms with Gasteiger partial charge in [-0.15, -0.1) is 0 Å². The van der Waals surface area contributed by atoms with Crippen molar-refractivity contribution >= 4 is 45.3 Å². The molecule has 2 aromatic rings. The zero-order valence-electron chi connectivity index (χ0n) is 13.5. The highest BCUT2D eigenvalue weighted by Gasteiger charge is 2.09. The topological polar surface area (TPSA) is 57.6 Å². The first kappa shape index (κ1) is 18.4. The third kappa shape index (κ3) is 4.55. The number of pyridine rings is 1. The summed E-state index contributed by atoms with van der Waals surface area (Å²) in [7, 11) is 0. The number of halogens is 2. The number of anilines is 1. The highest BCUT2D eigenvalue weighted by Crippen LogP contribution is 2.26. The third-order valence-electron chi connectivity index (χ3n) is 3.46. The SMILES string of the molecule is CCN(CC)c1ccc(C=NNC(=O)c2cccnc2Cl)cc1Br. The number of aromatic nitrogens is 1. The van der Waals surface area contributed by atoms with Crippen molar-refractivity contribution in [1.82, 2.24) is 10.4 Å². The van der Waals surface area contributed by atoms with Gasteiger partial charge in [0.2, 0.25) is 0 Å². The molecule has 0 bridgehead atoms. The Morgan fingerprint density at radius 1 is 1.38 bits per heavy atom. The summed E-state index contributed by atoms with van der Waals surface area (Å²) in [6.07, 6.45) is 3.11. The molecule has 1 aromatic heterocycles. The van der Waals surface area contributed by atoms with Crippen LogP contribution in [0.3, 0.4) is 0 Å². The lowest BCUT2D eigenvalue weighted by Crippen LogP contribution is -2.22. The fraction of sp³-hybridized carbons (Fsp3) is 0.235. The van der Waals surface area contributed by atoms with Crippen molar-refractivity contribution in [3.63, 3.8) is 0 Å². The van der Waals surface area contributed by atoms with Gasteiger partial charge in [0.1, 0.15) is 5.15 Å². The molecule has 0 atom stereocenters. The Morgan fingerprint density at radius 3 is 2.75 bits per heavy atom. The molecular weight excluding hydrogens is 392 g/mol. The number of nitrogens with zero attached hydrogens (tertiary/aromatic N) is 3. The van der Waals surface area contributed by atoms with E-state index in [1.807, 2.05) is 18.2 Å². The lowest BCUT2D eigenvalue weighted by atomic mass is 10.2. The van der Waals surface area contributed by atoms with E-state index in [-0.39, 0.29) is 10.7 Å². The van der Waals surface area contributed by atoms with Gasteiger partial charge in [-0.3, -0.25) is 4.79 Å². The average Bonchev–Trinajstić information content (AvgIpc) is 2.58. The summed E-state index contributed by atoms with van der Waals surface area (Å²) in [5.41, 5.74) is 4.73. The Hall–Kier alpha value is -1.92. The molecule has 0 aliphatic heterocycles. The second-order valence-electron chi connectivity index (χ2n) is 4.92. The second kappa shape index (κ2) is 8.80. The lowest BCUT2D eigenvalue weighted by Gasteiger charge is -2.22. The van der Waals surface area contributed by atoms with Crippen molar-refractivity contribution < 1.29 is 4.79 Å². The van der Waals surface area contributed by atoms with Crippen LogP contribution < -0.4 is 10.3 Å². The largest absolute Gasteiger partial charge is 0.371 e. The Morgan fingerprint density at radius 2 is 2.12 bits per heavy atom. The van der Waals surface area contributed by atoms with Gasteiger partial charge in [-0.25, -0.2) is 10.4 Å². The molecule has 0 saturated carbocycles. The number of nitrogens with one attached hydrogen (secondary N) is 1. The van der Waals surface area contributed by atoms with E-state index in [1.54, 1.807) is 18.3 Å². The van der Waals surface area contributed by atoms with Crippen LogP contribution in [0.4, 0.5) is 5.69 Å². The highest BCUT2D eigenvalue weighted by atomic mass is 79.9. The van der Waals surface area contributed by atoms with Gasteiger partial charge in [0.15, 0.2) is 0 Å². The third-order valence-corrected chi connectivity index (χ3v) is 4.40. The molecule has 1 amide bonds. The second-order valence-corrected chi connectivity index (χ2v) is 6.14. The number of carbonyl (C=O) groups is 1. The molecular formula is C17H18BrClN4O. The van der Waals surface area contributed by atoms with Gasteiger partial charge in [0, 0.05) is 23.8 Å². The standard InChI is InChI=1S/C17H18BrClN4O/c1-3-23(4-2)15-8-7-12(10-14(15)18)11-21-22-17(24)13-6-5-9-20-16(13)19/h5-11H,3-4H2,1-2H3,(H,22,24). The molecule has 0 fully saturated rings. The van der Waals surface area contributed by atoms with E-state index >= 15 is 0 Å². The van der Waals surface area contributed by atoms with E-state index in [0.29, 0.717) is 0 Å². The fourth-order valence-corrected chi connectivity index (χ4v) is 3.06. The summed E-state index contributed by atoms with van der Waals surface area (Å²) in [5.74, 6) is -0.400. The fourth-order valence-electron chi connectivity index (χ4n) is 2.21. The van der Waals surface area contributed by atoms with Gasteiger partial charge in [-0.2, -0.15) is 5.10 Å². The minimum Gasteiger partial charge on any atom is -0.371 e. The van der Waals surface area contributed by atoms with E-state index in [9.17, 15) is 4.79 Å². The Kier molecular flexibility index (Phi) is 6.75. The van der Waals surface area contributed by atoms with Crippen molar-refractivity contribution in [1.29, 1.82) is 0 Å². The minimum absolute atomic E-state index is 0.150. The Bertz CT molecular complexity index is 747. The molecule has 5 nitrogen and oxygen atoms in total. The Labute approximate surface area is 154 Å². The number of benzene rings is 1. The van der Waals surface area contributed by atoms with Crippen LogP contribution in [0.25, 0.3) is 0 Å². The van der Waals surface area contributed by atoms with Gasteiger partial charge < -0.3 is 4.90 Å². The molecule has 0 aliphatic rings. The molecule has 2 rings (SSSR count). The van der Waals surface area contributed by atoms with E-state index in [2.05, 4.69) is 50.2 Å². The van der Waals surface area contributed by atoms with Crippen LogP contribution in [0.5, 0.6) is 0 Å². The zero-order chi connectivity index (χ0) is 17.5. The van der Waals surface area contributed by atoms with Crippen LogP contribution in [0.15, 0.2) is 46.1 Å². The lowest BCUT2D eigenvalue weighted by molar-refractivity contribution is 0.0955. The normalized spacial score (nSPS) is 10.8. The smallest absolute Gasteiger partial charge is 0.274 e. The molecule has 0 spiro atoms. The molecule has 0 saturated heterocycles. The van der Waals surface area contributed by atoms with Crippen LogP contribution >= 0.6 is 27.5 Å². The van der Waals surface area contributed by atoms with Crippen LogP contribution in [-0.2, 0) is 0 Å². The van der Waals surface area contributed by atoms with Crippen molar-refractivity contribution in [2.24, 2.45) is 5.10 Å². The first-order valence-electron chi connectivity index (χ1n) is 7.55. The maximum Gasteiger partial charge on any atom is 0.274 e. The summed E-state index contributed by atoms with van der Waals surface area (Å²) in [6, 6.07) is 9.17. The summed E-state index contributed by atoms with van der Waals surface area (Å²) in [4.78, 5) is 18.1. The predicted molar refractivity (Wildman–Crippen MR) is 102 cm³/mol. The number of carbonyl (C=O) groups excluding carboxylic acids is 1. The number of hydrazone groups is 1. The summed E-state index contributed by atoms with van der Waals surface area (Å²) in [5, 5.41) is 4.12. The van der Waals surface area contributed by atoms with Gasteiger partial charge in [0.05, 0.1) is 17.5 Å². The van der Waals surface area contributed by atoms with Crippen molar-refractivity contribution in [3.8, 4) is 0 Å². The summed E-state index contributed by atoms with van der Waals surface area (Å²) < 4.78 is 0.983.